The van der Waals surface area contributed by atoms with Crippen LogP contribution in [0.25, 0.3) is 28.2 Å². The molecule has 0 bridgehead atoms. The highest BCUT2D eigenvalue weighted by molar-refractivity contribution is 6.33. The van der Waals surface area contributed by atoms with Crippen LogP contribution >= 0.6 is 23.2 Å². The van der Waals surface area contributed by atoms with E-state index in [1.807, 2.05) is 83.4 Å². The van der Waals surface area contributed by atoms with Crippen LogP contribution in [0.3, 0.4) is 0 Å². The fourth-order valence-electron chi connectivity index (χ4n) is 5.44. The average Bonchev–Trinajstić information content (AvgIpc) is 3.45. The third kappa shape index (κ3) is 5.61. The van der Waals surface area contributed by atoms with Crippen molar-refractivity contribution in [3.05, 3.63) is 125 Å². The number of piperazine rings is 1. The van der Waals surface area contributed by atoms with Gasteiger partial charge >= 0.3 is 0 Å². The van der Waals surface area contributed by atoms with Crippen LogP contribution in [0.1, 0.15) is 5.56 Å². The molecule has 1 saturated heterocycles. The largest absolute Gasteiger partial charge is 0.489 e. The van der Waals surface area contributed by atoms with Crippen molar-refractivity contribution in [3.8, 4) is 22.8 Å². The van der Waals surface area contributed by atoms with Gasteiger partial charge in [-0.3, -0.25) is 4.57 Å². The maximum Gasteiger partial charge on any atom is 0.170 e. The first-order valence-electron chi connectivity index (χ1n) is 14.1. The summed E-state index contributed by atoms with van der Waals surface area (Å²) in [5, 5.41) is 1.28. The van der Waals surface area contributed by atoms with Crippen LogP contribution in [-0.2, 0) is 6.61 Å². The van der Waals surface area contributed by atoms with Crippen molar-refractivity contribution in [2.24, 2.45) is 0 Å². The Hall–Kier alpha value is -4.59. The van der Waals surface area contributed by atoms with Crippen LogP contribution in [0.5, 0.6) is 5.75 Å². The first-order chi connectivity index (χ1) is 21.1. The number of imidazole rings is 1. The first kappa shape index (κ1) is 27.3. The summed E-state index contributed by atoms with van der Waals surface area (Å²) in [4.78, 5) is 19.2. The predicted octanol–water partition coefficient (Wildman–Crippen LogP) is 7.69. The molecule has 4 aromatic carbocycles. The van der Waals surface area contributed by atoms with Crippen molar-refractivity contribution in [2.75, 3.05) is 36.0 Å². The Labute approximate surface area is 259 Å². The monoisotopic (exact) mass is 606 g/mol. The number of benzene rings is 4. The van der Waals surface area contributed by atoms with Gasteiger partial charge in [-0.2, -0.15) is 0 Å². The van der Waals surface area contributed by atoms with E-state index in [0.29, 0.717) is 22.5 Å². The molecule has 0 saturated carbocycles. The first-order valence-corrected chi connectivity index (χ1v) is 14.9. The van der Waals surface area contributed by atoms with Gasteiger partial charge in [0.2, 0.25) is 0 Å². The van der Waals surface area contributed by atoms with Crippen molar-refractivity contribution >= 4 is 45.9 Å². The lowest BCUT2D eigenvalue weighted by Crippen LogP contribution is -2.47. The Morgan fingerprint density at radius 3 is 2.09 bits per heavy atom. The smallest absolute Gasteiger partial charge is 0.170 e. The summed E-state index contributed by atoms with van der Waals surface area (Å²) in [6, 6.07) is 33.9. The maximum absolute atomic E-state index is 6.65. The van der Waals surface area contributed by atoms with Crippen LogP contribution in [0.4, 0.5) is 11.5 Å². The van der Waals surface area contributed by atoms with Gasteiger partial charge in [-0.05, 0) is 66.2 Å². The minimum Gasteiger partial charge on any atom is -0.489 e. The minimum absolute atomic E-state index is 0.554. The lowest BCUT2D eigenvalue weighted by atomic mass is 10.2. The molecule has 0 atom stereocenters. The number of hydrogen-bond acceptors (Lipinski definition) is 6. The van der Waals surface area contributed by atoms with Gasteiger partial charge in [0.15, 0.2) is 17.0 Å². The van der Waals surface area contributed by atoms with E-state index in [-0.39, 0.29) is 0 Å². The molecule has 1 fully saturated rings. The van der Waals surface area contributed by atoms with Gasteiger partial charge in [0, 0.05) is 48.1 Å². The fourth-order valence-corrected chi connectivity index (χ4v) is 5.79. The molecule has 0 radical (unpaired) electrons. The molecule has 0 N–H and O–H groups in total. The lowest BCUT2D eigenvalue weighted by Gasteiger charge is -2.36. The highest BCUT2D eigenvalue weighted by Gasteiger charge is 2.25. The number of hydrogen-bond donors (Lipinski definition) is 0. The third-order valence-corrected chi connectivity index (χ3v) is 8.24. The Morgan fingerprint density at radius 1 is 0.674 bits per heavy atom. The molecule has 43 heavy (non-hydrogen) atoms. The number of halogens is 2. The number of fused-ring (bicyclic) bond motifs is 1. The normalized spacial score (nSPS) is 13.4. The summed E-state index contributed by atoms with van der Waals surface area (Å²) >= 11 is 12.9. The van der Waals surface area contributed by atoms with Crippen molar-refractivity contribution in [2.45, 2.75) is 6.61 Å². The summed E-state index contributed by atoms with van der Waals surface area (Å²) in [6.07, 6.45) is 1.61. The molecular weight excluding hydrogens is 579 g/mol. The number of aromatic nitrogens is 4. The molecule has 0 unspecified atom stereocenters. The van der Waals surface area contributed by atoms with E-state index in [2.05, 4.69) is 39.0 Å². The highest BCUT2D eigenvalue weighted by atomic mass is 35.5. The molecule has 0 aliphatic carbocycles. The standard InChI is InChI=1S/C34H28Cl2N6O/c35-25-10-12-27(13-11-25)42-32(29-8-4-5-9-30(29)36)39-31-33(37-23-38-34(31)42)41-20-18-40(19-21-41)26-14-16-28(17-15-26)43-22-24-6-2-1-3-7-24/h1-17,23H,18-22H2. The summed E-state index contributed by atoms with van der Waals surface area (Å²) in [6.45, 7) is 3.86. The van der Waals surface area contributed by atoms with Gasteiger partial charge in [0.25, 0.3) is 0 Å². The van der Waals surface area contributed by atoms with Crippen LogP contribution in [0, 0.1) is 0 Å². The van der Waals surface area contributed by atoms with Crippen molar-refractivity contribution in [3.63, 3.8) is 0 Å². The quantitative estimate of drug-likeness (QED) is 0.186. The second kappa shape index (κ2) is 12.0. The van der Waals surface area contributed by atoms with Gasteiger partial charge in [-0.15, -0.1) is 0 Å². The predicted molar refractivity (Wildman–Crippen MR) is 174 cm³/mol. The summed E-state index contributed by atoms with van der Waals surface area (Å²) < 4.78 is 8.00. The van der Waals surface area contributed by atoms with Crippen molar-refractivity contribution in [1.29, 1.82) is 0 Å². The van der Waals surface area contributed by atoms with Crippen LogP contribution in [0.15, 0.2) is 109 Å². The third-order valence-electron chi connectivity index (χ3n) is 7.65. The van der Waals surface area contributed by atoms with Gasteiger partial charge in [0.1, 0.15) is 24.5 Å². The maximum atomic E-state index is 6.65. The molecule has 9 heteroatoms. The number of ether oxygens (including phenoxy) is 1. The molecule has 214 valence electrons. The van der Waals surface area contributed by atoms with E-state index >= 15 is 0 Å². The van der Waals surface area contributed by atoms with E-state index in [1.54, 1.807) is 6.33 Å². The Balaban J connectivity index is 1.13. The molecule has 7 nitrogen and oxygen atoms in total. The molecule has 1 aliphatic heterocycles. The molecule has 7 rings (SSSR count). The van der Waals surface area contributed by atoms with E-state index in [4.69, 9.17) is 37.9 Å². The Bertz CT molecular complexity index is 1850. The second-order valence-electron chi connectivity index (χ2n) is 10.3. The fraction of sp³-hybridized carbons (Fsp3) is 0.147. The molecule has 0 spiro atoms. The van der Waals surface area contributed by atoms with E-state index in [0.717, 1.165) is 65.7 Å². The van der Waals surface area contributed by atoms with Crippen LogP contribution in [-0.4, -0.2) is 45.7 Å². The number of anilines is 2. The van der Waals surface area contributed by atoms with Crippen molar-refractivity contribution in [1.82, 2.24) is 19.5 Å². The van der Waals surface area contributed by atoms with Crippen LogP contribution < -0.4 is 14.5 Å². The summed E-state index contributed by atoms with van der Waals surface area (Å²) in [5.41, 5.74) is 5.50. The van der Waals surface area contributed by atoms with Crippen molar-refractivity contribution < 1.29 is 4.74 Å². The number of nitrogens with zero attached hydrogens (tertiary/aromatic N) is 6. The Kier molecular flexibility index (Phi) is 7.58. The summed E-state index contributed by atoms with van der Waals surface area (Å²) in [7, 11) is 0. The van der Waals surface area contributed by atoms with E-state index in [1.165, 1.54) is 5.69 Å². The number of rotatable bonds is 7. The van der Waals surface area contributed by atoms with Gasteiger partial charge < -0.3 is 14.5 Å². The molecule has 3 heterocycles. The summed E-state index contributed by atoms with van der Waals surface area (Å²) in [5.74, 6) is 2.38. The average molecular weight is 608 g/mol. The topological polar surface area (TPSA) is 59.3 Å². The van der Waals surface area contributed by atoms with Gasteiger partial charge in [0.05, 0.1) is 5.02 Å². The molecule has 1 aliphatic rings. The molecular formula is C34H28Cl2N6O. The van der Waals surface area contributed by atoms with Gasteiger partial charge in [-0.25, -0.2) is 15.0 Å². The zero-order valence-corrected chi connectivity index (χ0v) is 24.8. The molecule has 2 aromatic heterocycles. The lowest BCUT2D eigenvalue weighted by molar-refractivity contribution is 0.306. The molecule has 6 aromatic rings. The highest BCUT2D eigenvalue weighted by Crippen LogP contribution is 2.35. The van der Waals surface area contributed by atoms with Crippen LogP contribution in [0.2, 0.25) is 10.0 Å². The van der Waals surface area contributed by atoms with E-state index in [9.17, 15) is 0 Å². The zero-order valence-electron chi connectivity index (χ0n) is 23.3. The Morgan fingerprint density at radius 2 is 1.35 bits per heavy atom. The second-order valence-corrected chi connectivity index (χ2v) is 11.2. The minimum atomic E-state index is 0.554. The van der Waals surface area contributed by atoms with E-state index < -0.39 is 0 Å². The molecule has 0 amide bonds. The SMILES string of the molecule is Clc1ccc(-n2c(-c3ccccc3Cl)nc3c(N4CCN(c5ccc(OCc6ccccc6)cc5)CC4)ncnc32)cc1. The zero-order chi connectivity index (χ0) is 29.2. The van der Waals surface area contributed by atoms with Gasteiger partial charge in [-0.1, -0.05) is 65.7 Å².